The molecule has 0 aliphatic rings. The van der Waals surface area contributed by atoms with Crippen LogP contribution in [0.25, 0.3) is 11.0 Å². The van der Waals surface area contributed by atoms with Crippen LogP contribution >= 0.6 is 0 Å². The number of nitrogens with zero attached hydrogens (tertiary/aromatic N) is 4. The Bertz CT molecular complexity index is 683. The zero-order valence-electron chi connectivity index (χ0n) is 10.4. The van der Waals surface area contributed by atoms with Gasteiger partial charge >= 0.3 is 0 Å². The summed E-state index contributed by atoms with van der Waals surface area (Å²) in [6.07, 6.45) is 6.38. The average molecular weight is 242 g/mol. The van der Waals surface area contributed by atoms with Gasteiger partial charge in [0.25, 0.3) is 0 Å². The maximum atomic E-state index is 5.47. The Morgan fingerprint density at radius 2 is 2.11 bits per heavy atom. The molecule has 3 aromatic heterocycles. The molecule has 0 aliphatic carbocycles. The van der Waals surface area contributed by atoms with Crippen LogP contribution in [0.1, 0.15) is 24.1 Å². The van der Waals surface area contributed by atoms with Gasteiger partial charge in [0, 0.05) is 13.1 Å². The highest BCUT2D eigenvalue weighted by atomic mass is 16.4. The Balaban J connectivity index is 2.01. The molecule has 0 saturated carbocycles. The molecule has 0 radical (unpaired) electrons. The lowest BCUT2D eigenvalue weighted by atomic mass is 10.2. The zero-order valence-corrected chi connectivity index (χ0v) is 10.4. The third-order valence-electron chi connectivity index (χ3n) is 2.93. The molecule has 5 heteroatoms. The first kappa shape index (κ1) is 11.0. The van der Waals surface area contributed by atoms with Crippen LogP contribution in [0.5, 0.6) is 0 Å². The summed E-state index contributed by atoms with van der Waals surface area (Å²) in [4.78, 5) is 8.48. The number of pyridine rings is 1. The molecule has 0 aliphatic heterocycles. The van der Waals surface area contributed by atoms with Crippen molar-refractivity contribution < 1.29 is 4.42 Å². The molecular weight excluding hydrogens is 228 g/mol. The van der Waals surface area contributed by atoms with Crippen molar-refractivity contribution >= 4 is 11.0 Å². The first-order valence-corrected chi connectivity index (χ1v) is 5.98. The van der Waals surface area contributed by atoms with E-state index in [-0.39, 0.29) is 0 Å². The fraction of sp³-hybridized carbons (Fsp3) is 0.308. The van der Waals surface area contributed by atoms with Crippen LogP contribution in [0, 0.1) is 6.92 Å². The SMILES string of the molecule is CCc1cnc2cnn(Cc3cnc(C)o3)c2c1. The number of hydrogen-bond donors (Lipinski definition) is 0. The van der Waals surface area contributed by atoms with Gasteiger partial charge in [0.2, 0.25) is 0 Å². The highest BCUT2D eigenvalue weighted by molar-refractivity contribution is 5.74. The van der Waals surface area contributed by atoms with Crippen molar-refractivity contribution in [2.75, 3.05) is 0 Å². The van der Waals surface area contributed by atoms with Crippen molar-refractivity contribution in [3.05, 3.63) is 41.9 Å². The topological polar surface area (TPSA) is 56.7 Å². The first-order valence-electron chi connectivity index (χ1n) is 5.98. The van der Waals surface area contributed by atoms with Crippen molar-refractivity contribution in [1.29, 1.82) is 0 Å². The van der Waals surface area contributed by atoms with Gasteiger partial charge in [0.05, 0.1) is 17.9 Å². The van der Waals surface area contributed by atoms with Gasteiger partial charge in [-0.3, -0.25) is 9.67 Å². The van der Waals surface area contributed by atoms with Crippen molar-refractivity contribution in [3.63, 3.8) is 0 Å². The summed E-state index contributed by atoms with van der Waals surface area (Å²) in [5, 5.41) is 4.34. The molecule has 0 fully saturated rings. The molecule has 0 bridgehead atoms. The lowest BCUT2D eigenvalue weighted by Crippen LogP contribution is -2.00. The molecular formula is C13H14N4O. The second kappa shape index (κ2) is 4.25. The standard InChI is InChI=1S/C13H14N4O/c1-3-10-4-13-12(15-5-10)7-16-17(13)8-11-6-14-9(2)18-11/h4-7H,3,8H2,1-2H3. The van der Waals surface area contributed by atoms with E-state index in [1.54, 1.807) is 12.4 Å². The maximum Gasteiger partial charge on any atom is 0.191 e. The Morgan fingerprint density at radius 1 is 1.22 bits per heavy atom. The molecule has 3 heterocycles. The van der Waals surface area contributed by atoms with Crippen molar-refractivity contribution in [1.82, 2.24) is 19.7 Å². The smallest absolute Gasteiger partial charge is 0.191 e. The number of aryl methyl sites for hydroxylation is 2. The van der Waals surface area contributed by atoms with Gasteiger partial charge in [0.15, 0.2) is 5.89 Å². The monoisotopic (exact) mass is 242 g/mol. The molecule has 92 valence electrons. The molecule has 0 aromatic carbocycles. The van der Waals surface area contributed by atoms with Gasteiger partial charge in [-0.25, -0.2) is 4.98 Å². The highest BCUT2D eigenvalue weighted by Gasteiger charge is 2.07. The van der Waals surface area contributed by atoms with Crippen molar-refractivity contribution in [2.45, 2.75) is 26.8 Å². The summed E-state index contributed by atoms with van der Waals surface area (Å²) in [6.45, 7) is 4.53. The maximum absolute atomic E-state index is 5.47. The summed E-state index contributed by atoms with van der Waals surface area (Å²) in [5.74, 6) is 1.48. The lowest BCUT2D eigenvalue weighted by Gasteiger charge is -2.01. The molecule has 5 nitrogen and oxygen atoms in total. The minimum absolute atomic E-state index is 0.583. The number of aromatic nitrogens is 4. The fourth-order valence-electron chi connectivity index (χ4n) is 1.94. The van der Waals surface area contributed by atoms with E-state index < -0.39 is 0 Å². The molecule has 3 aromatic rings. The van der Waals surface area contributed by atoms with Gasteiger partial charge in [-0.05, 0) is 18.1 Å². The number of rotatable bonds is 3. The molecule has 0 spiro atoms. The largest absolute Gasteiger partial charge is 0.444 e. The summed E-state index contributed by atoms with van der Waals surface area (Å²) in [6, 6.07) is 2.12. The van der Waals surface area contributed by atoms with Gasteiger partial charge in [0.1, 0.15) is 17.8 Å². The normalized spacial score (nSPS) is 11.2. The van der Waals surface area contributed by atoms with E-state index in [0.717, 1.165) is 23.2 Å². The van der Waals surface area contributed by atoms with Gasteiger partial charge in [-0.2, -0.15) is 5.10 Å². The Kier molecular flexibility index (Phi) is 2.59. The summed E-state index contributed by atoms with van der Waals surface area (Å²) in [5.41, 5.74) is 3.14. The predicted molar refractivity (Wildman–Crippen MR) is 67.2 cm³/mol. The first-order chi connectivity index (χ1) is 8.76. The minimum Gasteiger partial charge on any atom is -0.444 e. The number of fused-ring (bicyclic) bond motifs is 1. The van der Waals surface area contributed by atoms with Crippen LogP contribution in [-0.2, 0) is 13.0 Å². The summed E-state index contributed by atoms with van der Waals surface area (Å²) < 4.78 is 7.36. The molecule has 18 heavy (non-hydrogen) atoms. The van der Waals surface area contributed by atoms with Gasteiger partial charge in [-0.1, -0.05) is 6.92 Å². The quantitative estimate of drug-likeness (QED) is 0.707. The molecule has 0 unspecified atom stereocenters. The predicted octanol–water partition coefficient (Wildman–Crippen LogP) is 2.34. The van der Waals surface area contributed by atoms with Gasteiger partial charge < -0.3 is 4.42 Å². The van der Waals surface area contributed by atoms with E-state index in [9.17, 15) is 0 Å². The summed E-state index contributed by atoms with van der Waals surface area (Å²) >= 11 is 0. The summed E-state index contributed by atoms with van der Waals surface area (Å²) in [7, 11) is 0. The third-order valence-corrected chi connectivity index (χ3v) is 2.93. The van der Waals surface area contributed by atoms with Crippen LogP contribution in [0.3, 0.4) is 0 Å². The van der Waals surface area contributed by atoms with Crippen LogP contribution in [-0.4, -0.2) is 19.7 Å². The van der Waals surface area contributed by atoms with Crippen molar-refractivity contribution in [3.8, 4) is 0 Å². The zero-order chi connectivity index (χ0) is 12.5. The van der Waals surface area contributed by atoms with Crippen molar-refractivity contribution in [2.24, 2.45) is 0 Å². The molecule has 0 atom stereocenters. The highest BCUT2D eigenvalue weighted by Crippen LogP contribution is 2.15. The van der Waals surface area contributed by atoms with E-state index in [0.29, 0.717) is 12.4 Å². The minimum atomic E-state index is 0.583. The third kappa shape index (κ3) is 1.88. The fourth-order valence-corrected chi connectivity index (χ4v) is 1.94. The average Bonchev–Trinajstić information content (AvgIpc) is 2.96. The Labute approximate surface area is 104 Å². The van der Waals surface area contributed by atoms with Crippen LogP contribution < -0.4 is 0 Å². The van der Waals surface area contributed by atoms with Crippen LogP contribution in [0.4, 0.5) is 0 Å². The lowest BCUT2D eigenvalue weighted by molar-refractivity contribution is 0.456. The second-order valence-electron chi connectivity index (χ2n) is 4.25. The van der Waals surface area contributed by atoms with Crippen LogP contribution in [0.15, 0.2) is 29.1 Å². The van der Waals surface area contributed by atoms with E-state index >= 15 is 0 Å². The van der Waals surface area contributed by atoms with E-state index in [1.165, 1.54) is 5.56 Å². The molecule has 3 rings (SSSR count). The second-order valence-corrected chi connectivity index (χ2v) is 4.25. The molecule has 0 amide bonds. The van der Waals surface area contributed by atoms with Crippen LogP contribution in [0.2, 0.25) is 0 Å². The molecule has 0 saturated heterocycles. The number of oxazole rings is 1. The van der Waals surface area contributed by atoms with E-state index in [4.69, 9.17) is 4.42 Å². The van der Waals surface area contributed by atoms with Gasteiger partial charge in [-0.15, -0.1) is 0 Å². The number of hydrogen-bond acceptors (Lipinski definition) is 4. The Morgan fingerprint density at radius 3 is 2.83 bits per heavy atom. The van der Waals surface area contributed by atoms with E-state index in [1.807, 2.05) is 17.8 Å². The van der Waals surface area contributed by atoms with E-state index in [2.05, 4.69) is 28.1 Å². The molecule has 0 N–H and O–H groups in total. The Hall–Kier alpha value is -2.17.